The Kier molecular flexibility index (Phi) is 5.18. The fourth-order valence-corrected chi connectivity index (χ4v) is 2.72. The highest BCUT2D eigenvalue weighted by Gasteiger charge is 2.11. The number of aromatic hydroxyl groups is 2. The molecule has 0 bridgehead atoms. The van der Waals surface area contributed by atoms with Gasteiger partial charge in [-0.05, 0) is 37.3 Å². The minimum absolute atomic E-state index is 0.120. The largest absolute Gasteiger partial charge is 0.507 e. The quantitative estimate of drug-likeness (QED) is 0.497. The number of para-hydroxylation sites is 1. The van der Waals surface area contributed by atoms with E-state index in [0.29, 0.717) is 22.8 Å². The number of hydrazone groups is 1. The van der Waals surface area contributed by atoms with Gasteiger partial charge in [0.1, 0.15) is 11.5 Å². The van der Waals surface area contributed by atoms with Gasteiger partial charge in [0.2, 0.25) is 0 Å². The predicted molar refractivity (Wildman–Crippen MR) is 106 cm³/mol. The molecule has 0 spiro atoms. The third kappa shape index (κ3) is 4.00. The van der Waals surface area contributed by atoms with Crippen molar-refractivity contribution in [3.63, 3.8) is 0 Å². The molecule has 2 N–H and O–H groups in total. The maximum atomic E-state index is 10.0. The van der Waals surface area contributed by atoms with Crippen LogP contribution < -0.4 is 5.01 Å². The zero-order chi connectivity index (χ0) is 18.7. The summed E-state index contributed by atoms with van der Waals surface area (Å²) in [6, 6.07) is 13.8. The van der Waals surface area contributed by atoms with E-state index in [9.17, 15) is 10.2 Å². The normalized spacial score (nSPS) is 11.0. The molecule has 0 amide bonds. The molecule has 6 nitrogen and oxygen atoms in total. The Morgan fingerprint density at radius 2 is 1.81 bits per heavy atom. The summed E-state index contributed by atoms with van der Waals surface area (Å²) >= 11 is 3.37. The minimum atomic E-state index is 0.120. The first-order valence-electron chi connectivity index (χ1n) is 7.84. The Balaban J connectivity index is 1.93. The van der Waals surface area contributed by atoms with E-state index in [0.717, 1.165) is 10.2 Å². The SMILES string of the molecule is Cc1cc(N(C)N=Cc2cc(Br)ccc2O)nc(-c2ccccc2O)n1. The molecular weight excluding hydrogens is 396 g/mol. The summed E-state index contributed by atoms with van der Waals surface area (Å²) in [5, 5.41) is 25.9. The first-order valence-corrected chi connectivity index (χ1v) is 8.63. The third-order valence-electron chi connectivity index (χ3n) is 3.68. The summed E-state index contributed by atoms with van der Waals surface area (Å²) in [7, 11) is 1.75. The van der Waals surface area contributed by atoms with Crippen molar-refractivity contribution in [3.05, 3.63) is 64.3 Å². The van der Waals surface area contributed by atoms with Gasteiger partial charge >= 0.3 is 0 Å². The van der Waals surface area contributed by atoms with Crippen molar-refractivity contribution < 1.29 is 10.2 Å². The maximum absolute atomic E-state index is 10.0. The van der Waals surface area contributed by atoms with E-state index in [1.54, 1.807) is 60.7 Å². The van der Waals surface area contributed by atoms with Crippen LogP contribution in [0.3, 0.4) is 0 Å². The van der Waals surface area contributed by atoms with E-state index < -0.39 is 0 Å². The second-order valence-corrected chi connectivity index (χ2v) is 6.60. The molecule has 0 aliphatic rings. The molecule has 1 aromatic heterocycles. The monoisotopic (exact) mass is 412 g/mol. The van der Waals surface area contributed by atoms with Crippen molar-refractivity contribution in [1.29, 1.82) is 0 Å². The first kappa shape index (κ1) is 17.9. The van der Waals surface area contributed by atoms with Crippen molar-refractivity contribution in [3.8, 4) is 22.9 Å². The number of rotatable bonds is 4. The number of anilines is 1. The average Bonchev–Trinajstić information content (AvgIpc) is 2.62. The van der Waals surface area contributed by atoms with Crippen LogP contribution in [0.5, 0.6) is 11.5 Å². The van der Waals surface area contributed by atoms with Crippen LogP contribution in [0.4, 0.5) is 5.82 Å². The number of benzene rings is 2. The Morgan fingerprint density at radius 3 is 2.58 bits per heavy atom. The molecule has 132 valence electrons. The number of aryl methyl sites for hydroxylation is 1. The molecule has 0 saturated carbocycles. The molecular formula is C19H17BrN4O2. The van der Waals surface area contributed by atoms with E-state index in [-0.39, 0.29) is 11.5 Å². The Labute approximate surface area is 159 Å². The van der Waals surface area contributed by atoms with Crippen LogP contribution in [-0.2, 0) is 0 Å². The van der Waals surface area contributed by atoms with Gasteiger partial charge < -0.3 is 10.2 Å². The highest BCUT2D eigenvalue weighted by molar-refractivity contribution is 9.10. The van der Waals surface area contributed by atoms with Crippen molar-refractivity contribution in [2.24, 2.45) is 5.10 Å². The number of phenols is 2. The summed E-state index contributed by atoms with van der Waals surface area (Å²) < 4.78 is 0.846. The lowest BCUT2D eigenvalue weighted by Crippen LogP contribution is -2.12. The van der Waals surface area contributed by atoms with Crippen molar-refractivity contribution in [2.45, 2.75) is 6.92 Å². The molecule has 0 aliphatic heterocycles. The van der Waals surface area contributed by atoms with Crippen LogP contribution in [0.2, 0.25) is 0 Å². The summed E-state index contributed by atoms with van der Waals surface area (Å²) in [5.74, 6) is 1.25. The number of phenolic OH excluding ortho intramolecular Hbond substituents is 2. The highest BCUT2D eigenvalue weighted by atomic mass is 79.9. The maximum Gasteiger partial charge on any atom is 0.165 e. The molecule has 0 aliphatic carbocycles. The van der Waals surface area contributed by atoms with Gasteiger partial charge in [-0.3, -0.25) is 5.01 Å². The minimum Gasteiger partial charge on any atom is -0.507 e. The number of hydrogen-bond acceptors (Lipinski definition) is 6. The summed E-state index contributed by atoms with van der Waals surface area (Å²) in [5.41, 5.74) is 1.89. The third-order valence-corrected chi connectivity index (χ3v) is 4.17. The summed E-state index contributed by atoms with van der Waals surface area (Å²) in [6.45, 7) is 1.85. The highest BCUT2D eigenvalue weighted by Crippen LogP contribution is 2.27. The van der Waals surface area contributed by atoms with Crippen LogP contribution in [0.15, 0.2) is 58.1 Å². The summed E-state index contributed by atoms with van der Waals surface area (Å²) in [4.78, 5) is 8.88. The standard InChI is InChI=1S/C19H17BrN4O2/c1-12-9-18(23-19(22-12)15-5-3-4-6-17(15)26)24(2)21-11-13-10-14(20)7-8-16(13)25/h3-11,25-26H,1-2H3. The van der Waals surface area contributed by atoms with Crippen LogP contribution in [0.25, 0.3) is 11.4 Å². The van der Waals surface area contributed by atoms with Gasteiger partial charge in [0.15, 0.2) is 11.6 Å². The number of nitrogens with zero attached hydrogens (tertiary/aromatic N) is 4. The second-order valence-electron chi connectivity index (χ2n) is 5.68. The zero-order valence-corrected chi connectivity index (χ0v) is 15.8. The number of hydrogen-bond donors (Lipinski definition) is 2. The van der Waals surface area contributed by atoms with Crippen molar-refractivity contribution in [2.75, 3.05) is 12.1 Å². The Bertz CT molecular complexity index is 976. The molecule has 7 heteroatoms. The first-order chi connectivity index (χ1) is 12.4. The van der Waals surface area contributed by atoms with E-state index in [1.807, 2.05) is 13.0 Å². The number of halogens is 1. The van der Waals surface area contributed by atoms with Gasteiger partial charge in [-0.15, -0.1) is 0 Å². The molecule has 0 atom stereocenters. The van der Waals surface area contributed by atoms with Crippen LogP contribution in [0.1, 0.15) is 11.3 Å². The molecule has 0 saturated heterocycles. The zero-order valence-electron chi connectivity index (χ0n) is 14.3. The molecule has 0 unspecified atom stereocenters. The topological polar surface area (TPSA) is 81.8 Å². The van der Waals surface area contributed by atoms with Crippen molar-refractivity contribution >= 4 is 28.0 Å². The average molecular weight is 413 g/mol. The van der Waals surface area contributed by atoms with Crippen LogP contribution >= 0.6 is 15.9 Å². The molecule has 0 radical (unpaired) electrons. The fraction of sp³-hybridized carbons (Fsp3) is 0.105. The predicted octanol–water partition coefficient (Wildman–Crippen LogP) is 4.10. The number of aromatic nitrogens is 2. The molecule has 26 heavy (non-hydrogen) atoms. The van der Waals surface area contributed by atoms with Crippen LogP contribution in [0, 0.1) is 6.92 Å². The van der Waals surface area contributed by atoms with Gasteiger partial charge in [0.05, 0.1) is 11.8 Å². The Morgan fingerprint density at radius 1 is 1.04 bits per heavy atom. The van der Waals surface area contributed by atoms with Gasteiger partial charge in [0, 0.05) is 28.8 Å². The van der Waals surface area contributed by atoms with Crippen molar-refractivity contribution in [1.82, 2.24) is 9.97 Å². The van der Waals surface area contributed by atoms with Crippen LogP contribution in [-0.4, -0.2) is 33.4 Å². The summed E-state index contributed by atoms with van der Waals surface area (Å²) in [6.07, 6.45) is 1.55. The molecule has 3 rings (SSSR count). The van der Waals surface area contributed by atoms with Gasteiger partial charge in [0.25, 0.3) is 0 Å². The molecule has 3 aromatic rings. The van der Waals surface area contributed by atoms with E-state index >= 15 is 0 Å². The molecule has 1 heterocycles. The fourth-order valence-electron chi connectivity index (χ4n) is 2.34. The lowest BCUT2D eigenvalue weighted by molar-refractivity contribution is 0.474. The van der Waals surface area contributed by atoms with E-state index in [2.05, 4.69) is 31.0 Å². The second kappa shape index (κ2) is 7.53. The lowest BCUT2D eigenvalue weighted by atomic mass is 10.2. The molecule has 0 fully saturated rings. The van der Waals surface area contributed by atoms with Gasteiger partial charge in [-0.25, -0.2) is 9.97 Å². The van der Waals surface area contributed by atoms with E-state index in [4.69, 9.17) is 0 Å². The Hall–Kier alpha value is -2.93. The van der Waals surface area contributed by atoms with Gasteiger partial charge in [-0.1, -0.05) is 28.1 Å². The van der Waals surface area contributed by atoms with Gasteiger partial charge in [-0.2, -0.15) is 5.10 Å². The lowest BCUT2D eigenvalue weighted by Gasteiger charge is -2.14. The van der Waals surface area contributed by atoms with E-state index in [1.165, 1.54) is 0 Å². The smallest absolute Gasteiger partial charge is 0.165 e. The molecule has 2 aromatic carbocycles.